The van der Waals surface area contributed by atoms with Crippen LogP contribution in [0.3, 0.4) is 0 Å². The summed E-state index contributed by atoms with van der Waals surface area (Å²) in [5.41, 5.74) is 0.855. The Morgan fingerprint density at radius 3 is 2.64 bits per heavy atom. The van der Waals surface area contributed by atoms with Gasteiger partial charge in [-0.15, -0.1) is 0 Å². The standard InChI is InChI=1S/C9H8N4O/c1-13-3-2-8(12-13)9(14)7-4-10-6-11-5-7/h2-6H,1H3. The van der Waals surface area contributed by atoms with Gasteiger partial charge in [0.25, 0.3) is 0 Å². The van der Waals surface area contributed by atoms with E-state index in [1.165, 1.54) is 18.7 Å². The number of aromatic nitrogens is 4. The maximum atomic E-state index is 11.7. The number of aryl methyl sites for hydroxylation is 1. The summed E-state index contributed by atoms with van der Waals surface area (Å²) in [6.07, 6.45) is 6.06. The van der Waals surface area contributed by atoms with Crippen LogP contribution in [0.15, 0.2) is 31.0 Å². The maximum Gasteiger partial charge on any atom is 0.216 e. The Kier molecular flexibility index (Phi) is 2.06. The van der Waals surface area contributed by atoms with Crippen LogP contribution in [0, 0.1) is 0 Å². The molecule has 0 saturated heterocycles. The van der Waals surface area contributed by atoms with Crippen LogP contribution in [0.5, 0.6) is 0 Å². The second-order valence-corrected chi connectivity index (χ2v) is 2.83. The molecule has 2 heterocycles. The number of nitrogens with zero attached hydrogens (tertiary/aromatic N) is 4. The van der Waals surface area contributed by atoms with Crippen molar-refractivity contribution in [2.45, 2.75) is 0 Å². The average Bonchev–Trinajstić information content (AvgIpc) is 2.65. The van der Waals surface area contributed by atoms with Gasteiger partial charge in [-0.25, -0.2) is 9.97 Å². The minimum absolute atomic E-state index is 0.161. The summed E-state index contributed by atoms with van der Waals surface area (Å²) in [6.45, 7) is 0. The molecule has 70 valence electrons. The van der Waals surface area contributed by atoms with Crippen molar-refractivity contribution in [1.29, 1.82) is 0 Å². The molecule has 5 nitrogen and oxygen atoms in total. The molecular formula is C9H8N4O. The Morgan fingerprint density at radius 1 is 1.36 bits per heavy atom. The molecule has 5 heteroatoms. The minimum atomic E-state index is -0.161. The van der Waals surface area contributed by atoms with Crippen molar-refractivity contribution in [2.75, 3.05) is 0 Å². The summed E-state index contributed by atoms with van der Waals surface area (Å²) >= 11 is 0. The van der Waals surface area contributed by atoms with E-state index in [0.29, 0.717) is 11.3 Å². The third-order valence-corrected chi connectivity index (χ3v) is 1.77. The van der Waals surface area contributed by atoms with E-state index in [1.54, 1.807) is 24.0 Å². The van der Waals surface area contributed by atoms with E-state index in [4.69, 9.17) is 0 Å². The molecule has 0 aliphatic heterocycles. The van der Waals surface area contributed by atoms with Crippen molar-refractivity contribution in [3.8, 4) is 0 Å². The van der Waals surface area contributed by atoms with Crippen molar-refractivity contribution in [2.24, 2.45) is 7.05 Å². The zero-order valence-electron chi connectivity index (χ0n) is 7.58. The quantitative estimate of drug-likeness (QED) is 0.641. The van der Waals surface area contributed by atoms with Crippen LogP contribution < -0.4 is 0 Å². The lowest BCUT2D eigenvalue weighted by Crippen LogP contribution is -2.04. The van der Waals surface area contributed by atoms with E-state index in [-0.39, 0.29) is 5.78 Å². The van der Waals surface area contributed by atoms with Gasteiger partial charge in [0.2, 0.25) is 5.78 Å². The normalized spacial score (nSPS) is 10.1. The number of hydrogen-bond acceptors (Lipinski definition) is 4. The number of carbonyl (C=O) groups is 1. The highest BCUT2D eigenvalue weighted by atomic mass is 16.1. The van der Waals surface area contributed by atoms with Crippen LogP contribution in [0.4, 0.5) is 0 Å². The van der Waals surface area contributed by atoms with Gasteiger partial charge in [0.1, 0.15) is 12.0 Å². The average molecular weight is 188 g/mol. The van der Waals surface area contributed by atoms with Gasteiger partial charge in [-0.05, 0) is 6.07 Å². The highest BCUT2D eigenvalue weighted by Gasteiger charge is 2.11. The molecule has 0 radical (unpaired) electrons. The SMILES string of the molecule is Cn1ccc(C(=O)c2cncnc2)n1. The molecular weight excluding hydrogens is 180 g/mol. The Balaban J connectivity index is 2.34. The minimum Gasteiger partial charge on any atom is -0.287 e. The lowest BCUT2D eigenvalue weighted by Gasteiger charge is -1.94. The molecule has 2 aromatic rings. The molecule has 0 aromatic carbocycles. The predicted molar refractivity (Wildman–Crippen MR) is 48.7 cm³/mol. The zero-order chi connectivity index (χ0) is 9.97. The van der Waals surface area contributed by atoms with Gasteiger partial charge < -0.3 is 0 Å². The Hall–Kier alpha value is -2.04. The molecule has 0 aliphatic carbocycles. The molecule has 0 aliphatic rings. The Bertz CT molecular complexity index is 449. The van der Waals surface area contributed by atoms with E-state index in [0.717, 1.165) is 0 Å². The highest BCUT2D eigenvalue weighted by Crippen LogP contribution is 2.04. The van der Waals surface area contributed by atoms with E-state index < -0.39 is 0 Å². The number of carbonyl (C=O) groups excluding carboxylic acids is 1. The molecule has 0 bridgehead atoms. The van der Waals surface area contributed by atoms with Gasteiger partial charge in [-0.3, -0.25) is 9.48 Å². The third-order valence-electron chi connectivity index (χ3n) is 1.77. The second kappa shape index (κ2) is 3.37. The molecule has 0 N–H and O–H groups in total. The van der Waals surface area contributed by atoms with Gasteiger partial charge in [0, 0.05) is 25.6 Å². The first-order chi connectivity index (χ1) is 6.77. The van der Waals surface area contributed by atoms with Crippen molar-refractivity contribution in [3.05, 3.63) is 42.2 Å². The van der Waals surface area contributed by atoms with Gasteiger partial charge in [0.15, 0.2) is 0 Å². The van der Waals surface area contributed by atoms with Crippen LogP contribution in [0.2, 0.25) is 0 Å². The second-order valence-electron chi connectivity index (χ2n) is 2.83. The van der Waals surface area contributed by atoms with Crippen LogP contribution in [0.1, 0.15) is 16.1 Å². The molecule has 2 aromatic heterocycles. The number of ketones is 1. The molecule has 0 saturated carbocycles. The first-order valence-corrected chi connectivity index (χ1v) is 4.07. The van der Waals surface area contributed by atoms with Crippen molar-refractivity contribution < 1.29 is 4.79 Å². The molecule has 0 amide bonds. The van der Waals surface area contributed by atoms with E-state index in [2.05, 4.69) is 15.1 Å². The molecule has 0 unspecified atom stereocenters. The lowest BCUT2D eigenvalue weighted by atomic mass is 10.2. The van der Waals surface area contributed by atoms with E-state index >= 15 is 0 Å². The fraction of sp³-hybridized carbons (Fsp3) is 0.111. The van der Waals surface area contributed by atoms with Gasteiger partial charge in [-0.1, -0.05) is 0 Å². The van der Waals surface area contributed by atoms with Crippen LogP contribution in [0.25, 0.3) is 0 Å². The summed E-state index contributed by atoms with van der Waals surface area (Å²) in [6, 6.07) is 1.66. The largest absolute Gasteiger partial charge is 0.287 e. The van der Waals surface area contributed by atoms with E-state index in [1.807, 2.05) is 0 Å². The summed E-state index contributed by atoms with van der Waals surface area (Å²) < 4.78 is 1.58. The fourth-order valence-electron chi connectivity index (χ4n) is 1.10. The summed E-state index contributed by atoms with van der Waals surface area (Å²) in [4.78, 5) is 19.2. The molecule has 2 rings (SSSR count). The van der Waals surface area contributed by atoms with Crippen molar-refractivity contribution >= 4 is 5.78 Å². The summed E-state index contributed by atoms with van der Waals surface area (Å²) in [5, 5.41) is 4.00. The lowest BCUT2D eigenvalue weighted by molar-refractivity contribution is 0.103. The van der Waals surface area contributed by atoms with Gasteiger partial charge in [-0.2, -0.15) is 5.10 Å². The predicted octanol–water partition coefficient (Wildman–Crippen LogP) is 0.441. The van der Waals surface area contributed by atoms with Crippen LogP contribution in [-0.4, -0.2) is 25.5 Å². The monoisotopic (exact) mass is 188 g/mol. The zero-order valence-corrected chi connectivity index (χ0v) is 7.58. The molecule has 0 fully saturated rings. The highest BCUT2D eigenvalue weighted by molar-refractivity contribution is 6.07. The smallest absolute Gasteiger partial charge is 0.216 e. The fourth-order valence-corrected chi connectivity index (χ4v) is 1.10. The first kappa shape index (κ1) is 8.55. The van der Waals surface area contributed by atoms with Gasteiger partial charge in [0.05, 0.1) is 5.56 Å². The topological polar surface area (TPSA) is 60.7 Å². The number of rotatable bonds is 2. The summed E-state index contributed by atoms with van der Waals surface area (Å²) in [7, 11) is 1.76. The van der Waals surface area contributed by atoms with E-state index in [9.17, 15) is 4.79 Å². The Morgan fingerprint density at radius 2 is 2.07 bits per heavy atom. The van der Waals surface area contributed by atoms with Gasteiger partial charge >= 0.3 is 0 Å². The maximum absolute atomic E-state index is 11.7. The van der Waals surface area contributed by atoms with Crippen molar-refractivity contribution in [3.63, 3.8) is 0 Å². The van der Waals surface area contributed by atoms with Crippen molar-refractivity contribution in [1.82, 2.24) is 19.7 Å². The molecule has 0 atom stereocenters. The summed E-state index contributed by atoms with van der Waals surface area (Å²) in [5.74, 6) is -0.161. The molecule has 14 heavy (non-hydrogen) atoms. The number of hydrogen-bond donors (Lipinski definition) is 0. The Labute approximate surface area is 80.4 Å². The van der Waals surface area contributed by atoms with Crippen LogP contribution in [-0.2, 0) is 7.05 Å². The van der Waals surface area contributed by atoms with Crippen LogP contribution >= 0.6 is 0 Å². The third kappa shape index (κ3) is 1.52. The first-order valence-electron chi connectivity index (χ1n) is 4.07. The molecule has 0 spiro atoms.